The van der Waals surface area contributed by atoms with Crippen molar-refractivity contribution < 1.29 is 13.9 Å². The first kappa shape index (κ1) is 10.8. The van der Waals surface area contributed by atoms with Gasteiger partial charge in [-0.25, -0.2) is 9.18 Å². The standard InChI is InChI=1S/C8H8ClFN2O2/c9-7-2-1-6(11-12-7)3-4-14-8(13)5-10/h1-2H,3-5H2. The monoisotopic (exact) mass is 218 g/mol. The molecule has 0 saturated carbocycles. The van der Waals surface area contributed by atoms with Crippen LogP contribution in [-0.4, -0.2) is 29.4 Å². The Morgan fingerprint density at radius 2 is 2.29 bits per heavy atom. The van der Waals surface area contributed by atoms with Crippen molar-refractivity contribution in [2.45, 2.75) is 6.42 Å². The summed E-state index contributed by atoms with van der Waals surface area (Å²) >= 11 is 5.51. The summed E-state index contributed by atoms with van der Waals surface area (Å²) in [5.74, 6) is -0.869. The average Bonchev–Trinajstić information content (AvgIpc) is 2.21. The minimum atomic E-state index is -1.10. The number of halogens is 2. The average molecular weight is 219 g/mol. The first-order valence-electron chi connectivity index (χ1n) is 3.92. The van der Waals surface area contributed by atoms with Crippen LogP contribution in [0.1, 0.15) is 5.69 Å². The van der Waals surface area contributed by atoms with E-state index in [0.717, 1.165) is 0 Å². The molecule has 0 amide bonds. The minimum absolute atomic E-state index is 0.0963. The van der Waals surface area contributed by atoms with Crippen molar-refractivity contribution in [3.8, 4) is 0 Å². The van der Waals surface area contributed by atoms with Crippen LogP contribution in [0.2, 0.25) is 5.15 Å². The fourth-order valence-corrected chi connectivity index (χ4v) is 0.886. The molecule has 0 aliphatic carbocycles. The second-order valence-electron chi connectivity index (χ2n) is 2.45. The van der Waals surface area contributed by atoms with Crippen LogP contribution >= 0.6 is 11.6 Å². The van der Waals surface area contributed by atoms with Gasteiger partial charge in [-0.1, -0.05) is 11.6 Å². The number of carbonyl (C=O) groups is 1. The molecule has 0 N–H and O–H groups in total. The van der Waals surface area contributed by atoms with Gasteiger partial charge in [-0.3, -0.25) is 0 Å². The fourth-order valence-electron chi connectivity index (χ4n) is 0.785. The van der Waals surface area contributed by atoms with Crippen molar-refractivity contribution >= 4 is 17.6 Å². The Balaban J connectivity index is 2.31. The third-order valence-corrected chi connectivity index (χ3v) is 1.62. The summed E-state index contributed by atoms with van der Waals surface area (Å²) in [5, 5.41) is 7.63. The Morgan fingerprint density at radius 3 is 2.86 bits per heavy atom. The van der Waals surface area contributed by atoms with Crippen LogP contribution < -0.4 is 0 Å². The number of nitrogens with zero attached hydrogens (tertiary/aromatic N) is 2. The van der Waals surface area contributed by atoms with Crippen molar-refractivity contribution in [2.75, 3.05) is 13.3 Å². The fraction of sp³-hybridized carbons (Fsp3) is 0.375. The molecule has 0 aromatic carbocycles. The molecule has 0 fully saturated rings. The van der Waals surface area contributed by atoms with Crippen LogP contribution in [0.4, 0.5) is 4.39 Å². The molecule has 0 aliphatic rings. The second kappa shape index (κ2) is 5.49. The highest BCUT2D eigenvalue weighted by Gasteiger charge is 2.01. The van der Waals surface area contributed by atoms with E-state index in [1.807, 2.05) is 0 Å². The Kier molecular flexibility index (Phi) is 4.25. The van der Waals surface area contributed by atoms with Crippen LogP contribution in [0.15, 0.2) is 12.1 Å². The maximum Gasteiger partial charge on any atom is 0.337 e. The Morgan fingerprint density at radius 1 is 1.50 bits per heavy atom. The lowest BCUT2D eigenvalue weighted by Crippen LogP contribution is -2.09. The van der Waals surface area contributed by atoms with Crippen LogP contribution in [0.3, 0.4) is 0 Å². The summed E-state index contributed by atoms with van der Waals surface area (Å²) in [6.45, 7) is -1.01. The van der Waals surface area contributed by atoms with Crippen LogP contribution in [0.25, 0.3) is 0 Å². The van der Waals surface area contributed by atoms with Gasteiger partial charge in [-0.15, -0.1) is 5.10 Å². The van der Waals surface area contributed by atoms with Gasteiger partial charge in [0.05, 0.1) is 12.3 Å². The van der Waals surface area contributed by atoms with Gasteiger partial charge in [0, 0.05) is 6.42 Å². The number of hydrogen-bond acceptors (Lipinski definition) is 4. The maximum atomic E-state index is 11.6. The topological polar surface area (TPSA) is 52.1 Å². The highest BCUT2D eigenvalue weighted by molar-refractivity contribution is 6.29. The molecule has 1 rings (SSSR count). The number of ether oxygens (including phenoxy) is 1. The van der Waals surface area contributed by atoms with Crippen molar-refractivity contribution in [2.24, 2.45) is 0 Å². The summed E-state index contributed by atoms with van der Waals surface area (Å²) in [5.41, 5.74) is 0.640. The van der Waals surface area contributed by atoms with E-state index in [-0.39, 0.29) is 6.61 Å². The number of esters is 1. The van der Waals surface area contributed by atoms with Crippen LogP contribution in [0, 0.1) is 0 Å². The molecule has 0 saturated heterocycles. The third-order valence-electron chi connectivity index (χ3n) is 1.42. The zero-order valence-electron chi connectivity index (χ0n) is 7.24. The summed E-state index contributed by atoms with van der Waals surface area (Å²) in [6.07, 6.45) is 0.399. The summed E-state index contributed by atoms with van der Waals surface area (Å²) in [7, 11) is 0. The van der Waals surface area contributed by atoms with Crippen LogP contribution in [0.5, 0.6) is 0 Å². The zero-order valence-corrected chi connectivity index (χ0v) is 8.00. The molecule has 0 atom stereocenters. The predicted molar refractivity (Wildman–Crippen MR) is 47.7 cm³/mol. The van der Waals surface area contributed by atoms with Gasteiger partial charge < -0.3 is 4.74 Å². The Bertz CT molecular complexity index is 305. The van der Waals surface area contributed by atoms with E-state index in [9.17, 15) is 9.18 Å². The SMILES string of the molecule is O=C(CF)OCCc1ccc(Cl)nn1. The molecule has 0 spiro atoms. The molecule has 1 aromatic heterocycles. The Labute approximate surface area is 85.0 Å². The molecule has 0 radical (unpaired) electrons. The van der Waals surface area contributed by atoms with Gasteiger partial charge in [0.1, 0.15) is 0 Å². The van der Waals surface area contributed by atoms with Crippen molar-refractivity contribution in [3.05, 3.63) is 23.0 Å². The number of rotatable bonds is 4. The molecule has 0 unspecified atom stereocenters. The summed E-state index contributed by atoms with van der Waals surface area (Å²) < 4.78 is 16.2. The number of hydrogen-bond donors (Lipinski definition) is 0. The van der Waals surface area contributed by atoms with Crippen molar-refractivity contribution in [1.29, 1.82) is 0 Å². The van der Waals surface area contributed by atoms with Crippen LogP contribution in [-0.2, 0) is 16.0 Å². The molecule has 4 nitrogen and oxygen atoms in total. The van der Waals surface area contributed by atoms with Gasteiger partial charge in [0.15, 0.2) is 11.8 Å². The molecule has 6 heteroatoms. The molecule has 1 aromatic rings. The lowest BCUT2D eigenvalue weighted by Gasteiger charge is -2.00. The smallest absolute Gasteiger partial charge is 0.337 e. The lowest BCUT2D eigenvalue weighted by molar-refractivity contribution is -0.144. The predicted octanol–water partition coefficient (Wildman–Crippen LogP) is 1.19. The van der Waals surface area contributed by atoms with E-state index in [2.05, 4.69) is 14.9 Å². The molecule has 14 heavy (non-hydrogen) atoms. The second-order valence-corrected chi connectivity index (χ2v) is 2.84. The molecule has 1 heterocycles. The van der Waals surface area contributed by atoms with Gasteiger partial charge in [-0.2, -0.15) is 5.10 Å². The largest absolute Gasteiger partial charge is 0.463 e. The molecular weight excluding hydrogens is 211 g/mol. The first-order valence-corrected chi connectivity index (χ1v) is 4.30. The van der Waals surface area contributed by atoms with Gasteiger partial charge in [0.2, 0.25) is 0 Å². The summed E-state index contributed by atoms with van der Waals surface area (Å²) in [4.78, 5) is 10.4. The zero-order chi connectivity index (χ0) is 10.4. The van der Waals surface area contributed by atoms with E-state index in [1.54, 1.807) is 12.1 Å². The molecule has 0 bridgehead atoms. The number of aromatic nitrogens is 2. The molecule has 76 valence electrons. The summed E-state index contributed by atoms with van der Waals surface area (Å²) in [6, 6.07) is 3.25. The molecule has 0 aliphatic heterocycles. The number of carbonyl (C=O) groups excluding carboxylic acids is 1. The van der Waals surface area contributed by atoms with Gasteiger partial charge in [0.25, 0.3) is 0 Å². The van der Waals surface area contributed by atoms with Gasteiger partial charge in [-0.05, 0) is 12.1 Å². The molecular formula is C8H8ClFN2O2. The first-order chi connectivity index (χ1) is 6.72. The normalized spacial score (nSPS) is 9.86. The lowest BCUT2D eigenvalue weighted by atomic mass is 10.3. The van der Waals surface area contributed by atoms with E-state index in [4.69, 9.17) is 11.6 Å². The highest BCUT2D eigenvalue weighted by Crippen LogP contribution is 2.02. The van der Waals surface area contributed by atoms with E-state index >= 15 is 0 Å². The Hall–Kier alpha value is -1.23. The van der Waals surface area contributed by atoms with Gasteiger partial charge >= 0.3 is 5.97 Å². The maximum absolute atomic E-state index is 11.6. The van der Waals surface area contributed by atoms with E-state index in [1.165, 1.54) is 0 Å². The minimum Gasteiger partial charge on any atom is -0.463 e. The van der Waals surface area contributed by atoms with Crippen molar-refractivity contribution in [3.63, 3.8) is 0 Å². The number of alkyl halides is 1. The van der Waals surface area contributed by atoms with Crippen molar-refractivity contribution in [1.82, 2.24) is 10.2 Å². The quantitative estimate of drug-likeness (QED) is 0.713. The van der Waals surface area contributed by atoms with E-state index < -0.39 is 12.6 Å². The van der Waals surface area contributed by atoms with E-state index in [0.29, 0.717) is 17.3 Å². The third kappa shape index (κ3) is 3.66. The highest BCUT2D eigenvalue weighted by atomic mass is 35.5.